The van der Waals surface area contributed by atoms with Gasteiger partial charge in [-0.1, -0.05) is 6.07 Å². The van der Waals surface area contributed by atoms with Gasteiger partial charge in [-0.25, -0.2) is 0 Å². The molecule has 1 aromatic carbocycles. The third kappa shape index (κ3) is 5.18. The maximum absolute atomic E-state index is 12.3. The van der Waals surface area contributed by atoms with Gasteiger partial charge in [0, 0.05) is 27.2 Å². The summed E-state index contributed by atoms with van der Waals surface area (Å²) in [5.74, 6) is 0.343. The first-order chi connectivity index (χ1) is 12.2. The van der Waals surface area contributed by atoms with Crippen LogP contribution in [-0.4, -0.2) is 63.3 Å². The van der Waals surface area contributed by atoms with Crippen LogP contribution in [0.5, 0.6) is 5.75 Å². The summed E-state index contributed by atoms with van der Waals surface area (Å²) < 4.78 is 32.7. The molecule has 0 spiro atoms. The average Bonchev–Trinajstić information content (AvgIpc) is 2.61. The first kappa shape index (κ1) is 20.7. The molecule has 0 aromatic heterocycles. The van der Waals surface area contributed by atoms with Crippen molar-refractivity contribution in [1.82, 2.24) is 13.9 Å². The molecule has 1 saturated heterocycles. The largest absolute Gasteiger partial charge is 0.492 e. The highest BCUT2D eigenvalue weighted by Gasteiger charge is 2.33. The minimum absolute atomic E-state index is 0.118. The Morgan fingerprint density at radius 1 is 1.31 bits per heavy atom. The first-order valence-electron chi connectivity index (χ1n) is 8.87. The molecule has 146 valence electrons. The predicted octanol–water partition coefficient (Wildman–Crippen LogP) is 1.32. The van der Waals surface area contributed by atoms with E-state index in [4.69, 9.17) is 4.74 Å². The Balaban J connectivity index is 1.79. The molecule has 1 amide bonds. The van der Waals surface area contributed by atoms with Gasteiger partial charge >= 0.3 is 0 Å². The Kier molecular flexibility index (Phi) is 7.02. The standard InChI is InChI=1S/C18H29N3O4S/c1-14-7-8-17(12-15(14)2)25-11-9-19-18(22)16-6-5-10-21(13-16)26(23,24)20(3)4/h7-8,12,16H,5-6,9-11,13H2,1-4H3,(H,19,22)/t16-/m0/s1. The quantitative estimate of drug-likeness (QED) is 0.720. The van der Waals surface area contributed by atoms with Crippen molar-refractivity contribution in [3.05, 3.63) is 29.3 Å². The van der Waals surface area contributed by atoms with Gasteiger partial charge < -0.3 is 10.1 Å². The topological polar surface area (TPSA) is 79.0 Å². The molecular formula is C18H29N3O4S. The zero-order chi connectivity index (χ0) is 19.3. The second-order valence-electron chi connectivity index (χ2n) is 6.87. The summed E-state index contributed by atoms with van der Waals surface area (Å²) >= 11 is 0. The SMILES string of the molecule is Cc1ccc(OCCNC(=O)[C@H]2CCCN(S(=O)(=O)N(C)C)C2)cc1C. The minimum Gasteiger partial charge on any atom is -0.492 e. The molecule has 1 aliphatic rings. The molecule has 0 unspecified atom stereocenters. The van der Waals surface area contributed by atoms with E-state index < -0.39 is 10.2 Å². The Bertz CT molecular complexity index is 734. The maximum atomic E-state index is 12.3. The Hall–Kier alpha value is -1.64. The fourth-order valence-electron chi connectivity index (χ4n) is 2.89. The summed E-state index contributed by atoms with van der Waals surface area (Å²) in [7, 11) is -0.467. The Morgan fingerprint density at radius 2 is 2.04 bits per heavy atom. The van der Waals surface area contributed by atoms with Gasteiger partial charge in [0.15, 0.2) is 0 Å². The van der Waals surface area contributed by atoms with Crippen molar-refractivity contribution in [3.63, 3.8) is 0 Å². The van der Waals surface area contributed by atoms with Crippen molar-refractivity contribution in [3.8, 4) is 5.75 Å². The fraction of sp³-hybridized carbons (Fsp3) is 0.611. The van der Waals surface area contributed by atoms with Gasteiger partial charge in [-0.2, -0.15) is 17.0 Å². The van der Waals surface area contributed by atoms with E-state index in [9.17, 15) is 13.2 Å². The number of carbonyl (C=O) groups excluding carboxylic acids is 1. The molecular weight excluding hydrogens is 354 g/mol. The molecule has 1 atom stereocenters. The molecule has 1 aromatic rings. The van der Waals surface area contributed by atoms with Crippen LogP contribution in [0.25, 0.3) is 0 Å². The lowest BCUT2D eigenvalue weighted by molar-refractivity contribution is -0.126. The van der Waals surface area contributed by atoms with Crippen molar-refractivity contribution < 1.29 is 17.9 Å². The van der Waals surface area contributed by atoms with Gasteiger partial charge in [0.05, 0.1) is 12.5 Å². The summed E-state index contributed by atoms with van der Waals surface area (Å²) in [6.45, 7) is 5.53. The van der Waals surface area contributed by atoms with Gasteiger partial charge in [0.25, 0.3) is 10.2 Å². The first-order valence-corrected chi connectivity index (χ1v) is 10.3. The van der Waals surface area contributed by atoms with Gasteiger partial charge in [-0.3, -0.25) is 4.79 Å². The molecule has 1 fully saturated rings. The van der Waals surface area contributed by atoms with Gasteiger partial charge in [-0.05, 0) is 49.9 Å². The van der Waals surface area contributed by atoms with Crippen LogP contribution in [0, 0.1) is 19.8 Å². The smallest absolute Gasteiger partial charge is 0.281 e. The third-order valence-electron chi connectivity index (χ3n) is 4.69. The number of rotatable bonds is 7. The molecule has 0 radical (unpaired) electrons. The van der Waals surface area contributed by atoms with E-state index in [0.717, 1.165) is 11.3 Å². The Morgan fingerprint density at radius 3 is 2.69 bits per heavy atom. The summed E-state index contributed by atoms with van der Waals surface area (Å²) in [6.07, 6.45) is 1.38. The molecule has 1 heterocycles. The number of amides is 1. The highest BCUT2D eigenvalue weighted by molar-refractivity contribution is 7.86. The molecule has 7 nitrogen and oxygen atoms in total. The lowest BCUT2D eigenvalue weighted by Crippen LogP contribution is -2.49. The lowest BCUT2D eigenvalue weighted by Gasteiger charge is -2.32. The number of hydrogen-bond acceptors (Lipinski definition) is 4. The Labute approximate surface area is 156 Å². The molecule has 26 heavy (non-hydrogen) atoms. The number of piperidine rings is 1. The molecule has 0 bridgehead atoms. The molecule has 0 saturated carbocycles. The number of ether oxygens (including phenoxy) is 1. The lowest BCUT2D eigenvalue weighted by atomic mass is 9.99. The van der Waals surface area contributed by atoms with Gasteiger partial charge in [0.1, 0.15) is 12.4 Å². The highest BCUT2D eigenvalue weighted by atomic mass is 32.2. The third-order valence-corrected chi connectivity index (χ3v) is 6.60. The van der Waals surface area contributed by atoms with Crippen LogP contribution in [-0.2, 0) is 15.0 Å². The normalized spacial score (nSPS) is 18.7. The average molecular weight is 384 g/mol. The number of nitrogens with one attached hydrogen (secondary N) is 1. The molecule has 1 aliphatic heterocycles. The fourth-order valence-corrected chi connectivity index (χ4v) is 4.08. The van der Waals surface area contributed by atoms with Crippen molar-refractivity contribution in [2.24, 2.45) is 5.92 Å². The zero-order valence-corrected chi connectivity index (χ0v) is 16.8. The van der Waals surface area contributed by atoms with E-state index in [-0.39, 0.29) is 18.4 Å². The van der Waals surface area contributed by atoms with Crippen LogP contribution in [0.3, 0.4) is 0 Å². The number of nitrogens with zero attached hydrogens (tertiary/aromatic N) is 2. The van der Waals surface area contributed by atoms with Crippen LogP contribution < -0.4 is 10.1 Å². The van der Waals surface area contributed by atoms with Crippen LogP contribution in [0.15, 0.2) is 18.2 Å². The molecule has 8 heteroatoms. The highest BCUT2D eigenvalue weighted by Crippen LogP contribution is 2.20. The van der Waals surface area contributed by atoms with Crippen LogP contribution in [0.1, 0.15) is 24.0 Å². The van der Waals surface area contributed by atoms with Crippen LogP contribution >= 0.6 is 0 Å². The minimum atomic E-state index is -3.47. The summed E-state index contributed by atoms with van der Waals surface area (Å²) in [5, 5.41) is 2.85. The predicted molar refractivity (Wildman–Crippen MR) is 101 cm³/mol. The van der Waals surface area contributed by atoms with Crippen molar-refractivity contribution in [2.45, 2.75) is 26.7 Å². The number of hydrogen-bond donors (Lipinski definition) is 1. The molecule has 2 rings (SSSR count). The monoisotopic (exact) mass is 383 g/mol. The van der Waals surface area contributed by atoms with Crippen molar-refractivity contribution >= 4 is 16.1 Å². The van der Waals surface area contributed by atoms with E-state index in [1.54, 1.807) is 0 Å². The number of benzene rings is 1. The number of carbonyl (C=O) groups is 1. The van der Waals surface area contributed by atoms with Crippen molar-refractivity contribution in [1.29, 1.82) is 0 Å². The molecule has 0 aliphatic carbocycles. The van der Waals surface area contributed by atoms with Crippen LogP contribution in [0.4, 0.5) is 0 Å². The second-order valence-corrected chi connectivity index (χ2v) is 9.02. The van der Waals surface area contributed by atoms with E-state index >= 15 is 0 Å². The van der Waals surface area contributed by atoms with Gasteiger partial charge in [-0.15, -0.1) is 0 Å². The summed E-state index contributed by atoms with van der Waals surface area (Å²) in [6, 6.07) is 5.89. The second kappa shape index (κ2) is 8.83. The zero-order valence-electron chi connectivity index (χ0n) is 16.0. The summed E-state index contributed by atoms with van der Waals surface area (Å²) in [5.41, 5.74) is 2.37. The van der Waals surface area contributed by atoms with Crippen LogP contribution in [0.2, 0.25) is 0 Å². The van der Waals surface area contributed by atoms with E-state index in [1.807, 2.05) is 32.0 Å². The van der Waals surface area contributed by atoms with E-state index in [2.05, 4.69) is 5.32 Å². The van der Waals surface area contributed by atoms with Crippen molar-refractivity contribution in [2.75, 3.05) is 40.3 Å². The summed E-state index contributed by atoms with van der Waals surface area (Å²) in [4.78, 5) is 12.3. The van der Waals surface area contributed by atoms with E-state index in [1.165, 1.54) is 28.3 Å². The maximum Gasteiger partial charge on any atom is 0.281 e. The van der Waals surface area contributed by atoms with Gasteiger partial charge in [0.2, 0.25) is 5.91 Å². The molecule has 1 N–H and O–H groups in total. The van der Waals surface area contributed by atoms with E-state index in [0.29, 0.717) is 32.5 Å². The number of aryl methyl sites for hydroxylation is 2.